The smallest absolute Gasteiger partial charge is 0.120 e. The first-order valence-electron chi connectivity index (χ1n) is 2.85. The zero-order chi connectivity index (χ0) is 6.41. The summed E-state index contributed by atoms with van der Waals surface area (Å²) in [6.07, 6.45) is 2.62. The van der Waals surface area contributed by atoms with Crippen molar-refractivity contribution in [3.63, 3.8) is 0 Å². The van der Waals surface area contributed by atoms with E-state index >= 15 is 0 Å². The van der Waals surface area contributed by atoms with E-state index in [1.165, 1.54) is 0 Å². The minimum atomic E-state index is 0.587. The topological polar surface area (TPSA) is 17.1 Å². The van der Waals surface area contributed by atoms with Gasteiger partial charge in [-0.15, -0.1) is 0 Å². The predicted octanol–water partition coefficient (Wildman–Crippen LogP) is 1.53. The summed E-state index contributed by atoms with van der Waals surface area (Å²) in [7, 11) is 0. The molecule has 0 heterocycles. The molecule has 1 unspecified atom stereocenters. The highest BCUT2D eigenvalue weighted by Gasteiger charge is 1.95. The van der Waals surface area contributed by atoms with E-state index in [9.17, 15) is 4.79 Å². The molecule has 1 nitrogen and oxygen atoms in total. The number of hydrogen-bond acceptors (Lipinski definition) is 2. The van der Waals surface area contributed by atoms with Crippen LogP contribution < -0.4 is 0 Å². The van der Waals surface area contributed by atoms with Gasteiger partial charge in [-0.25, -0.2) is 0 Å². The first-order chi connectivity index (χ1) is 3.81. The van der Waals surface area contributed by atoms with Crippen molar-refractivity contribution in [3.05, 3.63) is 0 Å². The average molecular weight is 132 g/mol. The molecular formula is C6H12OS. The van der Waals surface area contributed by atoms with Gasteiger partial charge in [0.2, 0.25) is 0 Å². The molecule has 0 radical (unpaired) electrons. The maximum absolute atomic E-state index is 9.80. The van der Waals surface area contributed by atoms with Crippen LogP contribution in [-0.2, 0) is 4.79 Å². The Kier molecular flexibility index (Phi) is 5.18. The summed E-state index contributed by atoms with van der Waals surface area (Å²) >= 11 is 4.07. The fourth-order valence-corrected chi connectivity index (χ4v) is 0.626. The molecule has 2 heteroatoms. The summed E-state index contributed by atoms with van der Waals surface area (Å²) in [6, 6.07) is 0. The highest BCUT2D eigenvalue weighted by Crippen LogP contribution is 2.04. The van der Waals surface area contributed by atoms with E-state index in [1.54, 1.807) is 0 Å². The van der Waals surface area contributed by atoms with E-state index in [2.05, 4.69) is 19.6 Å². The van der Waals surface area contributed by atoms with Gasteiger partial charge in [-0.1, -0.05) is 6.92 Å². The molecule has 0 rings (SSSR count). The minimum Gasteiger partial charge on any atom is -0.303 e. The van der Waals surface area contributed by atoms with Gasteiger partial charge in [0.25, 0.3) is 0 Å². The summed E-state index contributed by atoms with van der Waals surface area (Å²) < 4.78 is 0. The van der Waals surface area contributed by atoms with Gasteiger partial charge in [0.15, 0.2) is 0 Å². The molecule has 0 saturated carbocycles. The van der Waals surface area contributed by atoms with Crippen molar-refractivity contribution < 1.29 is 4.79 Å². The Morgan fingerprint density at radius 1 is 1.75 bits per heavy atom. The van der Waals surface area contributed by atoms with Crippen LogP contribution in [-0.4, -0.2) is 12.0 Å². The number of carbonyl (C=O) groups is 1. The first kappa shape index (κ1) is 8.02. The van der Waals surface area contributed by atoms with Crippen molar-refractivity contribution in [3.8, 4) is 0 Å². The molecule has 0 aliphatic heterocycles. The lowest BCUT2D eigenvalue weighted by Crippen LogP contribution is -1.95. The van der Waals surface area contributed by atoms with E-state index in [-0.39, 0.29) is 0 Å². The number of hydrogen-bond donors (Lipinski definition) is 1. The maximum Gasteiger partial charge on any atom is 0.120 e. The van der Waals surface area contributed by atoms with E-state index in [1.807, 2.05) is 0 Å². The molecule has 48 valence electrons. The van der Waals surface area contributed by atoms with Crippen LogP contribution in [0.4, 0.5) is 0 Å². The number of carbonyl (C=O) groups excluding carboxylic acids is 1. The number of rotatable bonds is 4. The Balaban J connectivity index is 2.97. The van der Waals surface area contributed by atoms with Crippen molar-refractivity contribution in [2.45, 2.75) is 19.8 Å². The predicted molar refractivity (Wildman–Crippen MR) is 38.3 cm³/mol. The first-order valence-corrected chi connectivity index (χ1v) is 3.49. The molecule has 0 aliphatic rings. The third kappa shape index (κ3) is 4.19. The van der Waals surface area contributed by atoms with Gasteiger partial charge in [0, 0.05) is 6.42 Å². The van der Waals surface area contributed by atoms with E-state index in [0.717, 1.165) is 18.5 Å². The zero-order valence-electron chi connectivity index (χ0n) is 5.13. The molecule has 0 aromatic carbocycles. The van der Waals surface area contributed by atoms with E-state index < -0.39 is 0 Å². The molecule has 0 spiro atoms. The fourth-order valence-electron chi connectivity index (χ4n) is 0.444. The maximum atomic E-state index is 9.80. The van der Waals surface area contributed by atoms with Crippen molar-refractivity contribution >= 4 is 18.9 Å². The van der Waals surface area contributed by atoms with Crippen LogP contribution in [0.3, 0.4) is 0 Å². The Labute approximate surface area is 55.9 Å². The van der Waals surface area contributed by atoms with Crippen LogP contribution in [0.15, 0.2) is 0 Å². The Bertz CT molecular complexity index is 63.5. The molecular weight excluding hydrogens is 120 g/mol. The Morgan fingerprint density at radius 2 is 2.38 bits per heavy atom. The van der Waals surface area contributed by atoms with Crippen molar-refractivity contribution in [2.75, 3.05) is 5.75 Å². The quantitative estimate of drug-likeness (QED) is 0.453. The fraction of sp³-hybridized carbons (Fsp3) is 0.833. The van der Waals surface area contributed by atoms with Crippen molar-refractivity contribution in [2.24, 2.45) is 5.92 Å². The van der Waals surface area contributed by atoms with Gasteiger partial charge >= 0.3 is 0 Å². The molecule has 0 fully saturated rings. The van der Waals surface area contributed by atoms with Crippen LogP contribution >= 0.6 is 12.6 Å². The van der Waals surface area contributed by atoms with Gasteiger partial charge < -0.3 is 4.79 Å². The third-order valence-corrected chi connectivity index (χ3v) is 1.71. The molecule has 8 heavy (non-hydrogen) atoms. The Hall–Kier alpha value is 0.0200. The van der Waals surface area contributed by atoms with Crippen molar-refractivity contribution in [1.82, 2.24) is 0 Å². The van der Waals surface area contributed by atoms with E-state index in [4.69, 9.17) is 0 Å². The van der Waals surface area contributed by atoms with Gasteiger partial charge in [0.05, 0.1) is 0 Å². The third-order valence-electron chi connectivity index (χ3n) is 1.09. The highest BCUT2D eigenvalue weighted by atomic mass is 32.1. The molecule has 0 aromatic heterocycles. The lowest BCUT2D eigenvalue weighted by molar-refractivity contribution is -0.108. The zero-order valence-corrected chi connectivity index (χ0v) is 6.03. The Morgan fingerprint density at radius 3 is 2.75 bits per heavy atom. The van der Waals surface area contributed by atoms with Gasteiger partial charge in [0.1, 0.15) is 6.29 Å². The SMILES string of the molecule is CC(CS)CCC=O. The summed E-state index contributed by atoms with van der Waals surface area (Å²) in [5.74, 6) is 1.47. The largest absolute Gasteiger partial charge is 0.303 e. The van der Waals surface area contributed by atoms with Gasteiger partial charge in [-0.2, -0.15) is 12.6 Å². The van der Waals surface area contributed by atoms with Crippen LogP contribution in [0.1, 0.15) is 19.8 Å². The average Bonchev–Trinajstić information content (AvgIpc) is 1.83. The highest BCUT2D eigenvalue weighted by molar-refractivity contribution is 7.80. The van der Waals surface area contributed by atoms with Gasteiger partial charge in [-0.05, 0) is 18.1 Å². The molecule has 0 saturated heterocycles. The monoisotopic (exact) mass is 132 g/mol. The summed E-state index contributed by atoms with van der Waals surface area (Å²) in [6.45, 7) is 2.09. The molecule has 0 aliphatic carbocycles. The van der Waals surface area contributed by atoms with Crippen LogP contribution in [0.5, 0.6) is 0 Å². The second-order valence-corrected chi connectivity index (χ2v) is 2.40. The molecule has 0 bridgehead atoms. The molecule has 0 aromatic rings. The standard InChI is InChI=1S/C6H12OS/c1-6(5-8)3-2-4-7/h4,6,8H,2-3,5H2,1H3. The lowest BCUT2D eigenvalue weighted by atomic mass is 10.1. The summed E-state index contributed by atoms with van der Waals surface area (Å²) in [5.41, 5.74) is 0. The molecule has 0 N–H and O–H groups in total. The van der Waals surface area contributed by atoms with Gasteiger partial charge in [-0.3, -0.25) is 0 Å². The second kappa shape index (κ2) is 5.16. The lowest BCUT2D eigenvalue weighted by Gasteiger charge is -2.01. The number of aldehydes is 1. The van der Waals surface area contributed by atoms with E-state index in [0.29, 0.717) is 12.3 Å². The normalized spacial score (nSPS) is 13.2. The van der Waals surface area contributed by atoms with Crippen LogP contribution in [0, 0.1) is 5.92 Å². The molecule has 0 amide bonds. The van der Waals surface area contributed by atoms with Crippen molar-refractivity contribution in [1.29, 1.82) is 0 Å². The number of thiol groups is 1. The second-order valence-electron chi connectivity index (χ2n) is 2.03. The van der Waals surface area contributed by atoms with Crippen LogP contribution in [0.25, 0.3) is 0 Å². The molecule has 1 atom stereocenters. The van der Waals surface area contributed by atoms with Crippen LogP contribution in [0.2, 0.25) is 0 Å². The summed E-state index contributed by atoms with van der Waals surface area (Å²) in [4.78, 5) is 9.80. The minimum absolute atomic E-state index is 0.587. The summed E-state index contributed by atoms with van der Waals surface area (Å²) in [5, 5.41) is 0.